The Bertz CT molecular complexity index is 1010. The van der Waals surface area contributed by atoms with Gasteiger partial charge in [0.15, 0.2) is 4.77 Å². The molecule has 4 rings (SSSR count). The number of aromatic amines is 1. The summed E-state index contributed by atoms with van der Waals surface area (Å²) >= 11 is 7.12. The van der Waals surface area contributed by atoms with E-state index in [-0.39, 0.29) is 5.56 Å². The van der Waals surface area contributed by atoms with Crippen LogP contribution in [0.1, 0.15) is 23.3 Å². The smallest absolute Gasteiger partial charge is 0.267 e. The lowest BCUT2D eigenvalue weighted by Crippen LogP contribution is -2.21. The van der Waals surface area contributed by atoms with Crippen LogP contribution in [0.5, 0.6) is 5.75 Å². The maximum absolute atomic E-state index is 13.1. The predicted octanol–water partition coefficient (Wildman–Crippen LogP) is 4.00. The molecule has 118 valence electrons. The number of nitrogens with one attached hydrogen (secondary N) is 1. The van der Waals surface area contributed by atoms with Gasteiger partial charge in [-0.3, -0.25) is 9.36 Å². The molecule has 0 atom stereocenters. The Labute approximate surface area is 142 Å². The molecule has 0 radical (unpaired) electrons. The molecule has 0 bridgehead atoms. The Morgan fingerprint density at radius 3 is 2.96 bits per heavy atom. The Kier molecular flexibility index (Phi) is 3.58. The van der Waals surface area contributed by atoms with E-state index in [1.807, 2.05) is 24.3 Å². The standard InChI is InChI=1S/C17H16N2O2S2/c1-21-11-6-4-5-10(9-11)19-16(20)14-12-7-2-3-8-13(12)23-15(14)18-17(19)22/h4-6,9H,2-3,7-8H2,1H3,(H,18,22). The van der Waals surface area contributed by atoms with E-state index in [9.17, 15) is 4.79 Å². The number of aryl methyl sites for hydroxylation is 2. The lowest BCUT2D eigenvalue weighted by atomic mass is 9.97. The number of methoxy groups -OCH3 is 1. The maximum Gasteiger partial charge on any atom is 0.267 e. The number of hydrogen-bond acceptors (Lipinski definition) is 4. The van der Waals surface area contributed by atoms with E-state index in [0.717, 1.165) is 35.2 Å². The van der Waals surface area contributed by atoms with Gasteiger partial charge in [-0.1, -0.05) is 6.07 Å². The van der Waals surface area contributed by atoms with Gasteiger partial charge in [0.05, 0.1) is 18.2 Å². The summed E-state index contributed by atoms with van der Waals surface area (Å²) in [6.07, 6.45) is 4.39. The minimum Gasteiger partial charge on any atom is -0.497 e. The fourth-order valence-electron chi connectivity index (χ4n) is 3.22. The summed E-state index contributed by atoms with van der Waals surface area (Å²) < 4.78 is 7.26. The number of rotatable bonds is 2. The van der Waals surface area contributed by atoms with Gasteiger partial charge in [0.1, 0.15) is 10.6 Å². The molecule has 3 aromatic rings. The molecule has 2 heterocycles. The number of thiophene rings is 1. The monoisotopic (exact) mass is 344 g/mol. The van der Waals surface area contributed by atoms with Gasteiger partial charge in [-0.25, -0.2) is 0 Å². The van der Waals surface area contributed by atoms with Crippen LogP contribution in [-0.2, 0) is 12.8 Å². The minimum atomic E-state index is -0.0311. The van der Waals surface area contributed by atoms with Gasteiger partial charge in [0, 0.05) is 10.9 Å². The molecule has 4 nitrogen and oxygen atoms in total. The number of benzene rings is 1. The van der Waals surface area contributed by atoms with Crippen LogP contribution in [0, 0.1) is 4.77 Å². The summed E-state index contributed by atoms with van der Waals surface area (Å²) in [5.74, 6) is 0.705. The highest BCUT2D eigenvalue weighted by atomic mass is 32.1. The molecular weight excluding hydrogens is 328 g/mol. The van der Waals surface area contributed by atoms with Crippen LogP contribution in [0.2, 0.25) is 0 Å². The largest absolute Gasteiger partial charge is 0.497 e. The van der Waals surface area contributed by atoms with E-state index in [2.05, 4.69) is 4.98 Å². The van der Waals surface area contributed by atoms with Crippen molar-refractivity contribution in [1.29, 1.82) is 0 Å². The van der Waals surface area contributed by atoms with Crippen molar-refractivity contribution in [3.63, 3.8) is 0 Å². The number of fused-ring (bicyclic) bond motifs is 3. The van der Waals surface area contributed by atoms with Crippen molar-refractivity contribution in [1.82, 2.24) is 9.55 Å². The molecule has 0 amide bonds. The van der Waals surface area contributed by atoms with Gasteiger partial charge in [0.2, 0.25) is 0 Å². The van der Waals surface area contributed by atoms with E-state index in [1.165, 1.54) is 16.9 Å². The van der Waals surface area contributed by atoms with E-state index < -0.39 is 0 Å². The molecule has 6 heteroatoms. The molecule has 0 saturated carbocycles. The molecule has 2 aromatic heterocycles. The van der Waals surface area contributed by atoms with Crippen LogP contribution >= 0.6 is 23.6 Å². The molecule has 0 saturated heterocycles. The second-order valence-electron chi connectivity index (χ2n) is 5.69. The Morgan fingerprint density at radius 2 is 2.13 bits per heavy atom. The van der Waals surface area contributed by atoms with Gasteiger partial charge in [-0.15, -0.1) is 11.3 Å². The molecule has 23 heavy (non-hydrogen) atoms. The van der Waals surface area contributed by atoms with Gasteiger partial charge < -0.3 is 9.72 Å². The zero-order valence-corrected chi connectivity index (χ0v) is 14.4. The highest BCUT2D eigenvalue weighted by molar-refractivity contribution is 7.71. The topological polar surface area (TPSA) is 47.0 Å². The predicted molar refractivity (Wildman–Crippen MR) is 95.8 cm³/mol. The zero-order chi connectivity index (χ0) is 16.0. The Morgan fingerprint density at radius 1 is 1.30 bits per heavy atom. The molecule has 0 spiro atoms. The molecular formula is C17H16N2O2S2. The first kappa shape index (κ1) is 14.7. The third-order valence-electron chi connectivity index (χ3n) is 4.32. The molecule has 1 aliphatic rings. The zero-order valence-electron chi connectivity index (χ0n) is 12.7. The van der Waals surface area contributed by atoms with Gasteiger partial charge in [-0.2, -0.15) is 0 Å². The SMILES string of the molecule is COc1cccc(-n2c(=S)[nH]c3sc4c(c3c2=O)CCCC4)c1. The summed E-state index contributed by atoms with van der Waals surface area (Å²) in [7, 11) is 1.61. The Balaban J connectivity index is 2.04. The van der Waals surface area contributed by atoms with Crippen LogP contribution in [0.25, 0.3) is 15.9 Å². The second-order valence-corrected chi connectivity index (χ2v) is 7.18. The highest BCUT2D eigenvalue weighted by Gasteiger charge is 2.20. The van der Waals surface area contributed by atoms with Gasteiger partial charge in [0.25, 0.3) is 5.56 Å². The van der Waals surface area contributed by atoms with E-state index in [0.29, 0.717) is 10.5 Å². The van der Waals surface area contributed by atoms with Crippen molar-refractivity contribution in [3.05, 3.63) is 49.8 Å². The van der Waals surface area contributed by atoms with Crippen molar-refractivity contribution in [3.8, 4) is 11.4 Å². The maximum atomic E-state index is 13.1. The molecule has 0 fully saturated rings. The normalized spacial score (nSPS) is 14.0. The van der Waals surface area contributed by atoms with Gasteiger partial charge in [-0.05, 0) is 55.6 Å². The summed E-state index contributed by atoms with van der Waals surface area (Å²) in [6, 6.07) is 7.42. The van der Waals surface area contributed by atoms with Crippen LogP contribution in [0.15, 0.2) is 29.1 Å². The minimum absolute atomic E-state index is 0.0311. The quantitative estimate of drug-likeness (QED) is 0.715. The number of hydrogen-bond donors (Lipinski definition) is 1. The van der Waals surface area contributed by atoms with Crippen molar-refractivity contribution in [2.75, 3.05) is 7.11 Å². The third-order valence-corrected chi connectivity index (χ3v) is 5.82. The first-order valence-electron chi connectivity index (χ1n) is 7.63. The van der Waals surface area contributed by atoms with Crippen LogP contribution < -0.4 is 10.3 Å². The average molecular weight is 344 g/mol. The molecule has 0 aliphatic heterocycles. The van der Waals surface area contributed by atoms with Crippen molar-refractivity contribution in [2.24, 2.45) is 0 Å². The molecule has 1 N–H and O–H groups in total. The fraction of sp³-hybridized carbons (Fsp3) is 0.294. The van der Waals surface area contributed by atoms with Crippen molar-refractivity contribution < 1.29 is 4.74 Å². The lowest BCUT2D eigenvalue weighted by molar-refractivity contribution is 0.414. The average Bonchev–Trinajstić information content (AvgIpc) is 2.93. The number of H-pyrrole nitrogens is 1. The van der Waals surface area contributed by atoms with E-state index in [4.69, 9.17) is 17.0 Å². The summed E-state index contributed by atoms with van der Waals surface area (Å²) in [5, 5.41) is 0.807. The number of nitrogens with zero attached hydrogens (tertiary/aromatic N) is 1. The molecule has 1 aromatic carbocycles. The summed E-state index contributed by atoms with van der Waals surface area (Å²) in [5.41, 5.74) is 1.91. The molecule has 0 unspecified atom stereocenters. The number of aromatic nitrogens is 2. The first-order chi connectivity index (χ1) is 11.2. The highest BCUT2D eigenvalue weighted by Crippen LogP contribution is 2.33. The van der Waals surface area contributed by atoms with Crippen LogP contribution in [-0.4, -0.2) is 16.7 Å². The second kappa shape index (κ2) is 5.62. The third kappa shape index (κ3) is 2.33. The molecule has 1 aliphatic carbocycles. The van der Waals surface area contributed by atoms with Crippen molar-refractivity contribution in [2.45, 2.75) is 25.7 Å². The summed E-state index contributed by atoms with van der Waals surface area (Å²) in [6.45, 7) is 0. The van der Waals surface area contributed by atoms with Gasteiger partial charge >= 0.3 is 0 Å². The van der Waals surface area contributed by atoms with Crippen molar-refractivity contribution >= 4 is 33.8 Å². The van der Waals surface area contributed by atoms with E-state index >= 15 is 0 Å². The fourth-order valence-corrected chi connectivity index (χ4v) is 4.86. The van der Waals surface area contributed by atoms with Crippen LogP contribution in [0.4, 0.5) is 0 Å². The summed E-state index contributed by atoms with van der Waals surface area (Å²) in [4.78, 5) is 18.6. The lowest BCUT2D eigenvalue weighted by Gasteiger charge is -2.11. The number of ether oxygens (including phenoxy) is 1. The first-order valence-corrected chi connectivity index (χ1v) is 8.85. The van der Waals surface area contributed by atoms with E-state index in [1.54, 1.807) is 23.0 Å². The van der Waals surface area contributed by atoms with Crippen LogP contribution in [0.3, 0.4) is 0 Å². The Hall–Kier alpha value is -1.92.